The van der Waals surface area contributed by atoms with Gasteiger partial charge in [-0.3, -0.25) is 9.68 Å². The van der Waals surface area contributed by atoms with Gasteiger partial charge in [-0.1, -0.05) is 6.58 Å². The summed E-state index contributed by atoms with van der Waals surface area (Å²) in [6, 6.07) is 6.12. The van der Waals surface area contributed by atoms with Gasteiger partial charge in [0.05, 0.1) is 0 Å². The van der Waals surface area contributed by atoms with Crippen LogP contribution in [0.4, 0.5) is 0 Å². The van der Waals surface area contributed by atoms with Crippen molar-refractivity contribution in [3.63, 3.8) is 0 Å². The fraction of sp³-hybridized carbons (Fsp3) is 0. The van der Waals surface area contributed by atoms with Crippen LogP contribution < -0.4 is 4.89 Å². The SMILES string of the molecule is C=CC(=O)OOc1ccc(C=O)cc1. The summed E-state index contributed by atoms with van der Waals surface area (Å²) in [6.45, 7) is 3.20. The summed E-state index contributed by atoms with van der Waals surface area (Å²) >= 11 is 0. The van der Waals surface area contributed by atoms with Crippen LogP contribution >= 0.6 is 0 Å². The van der Waals surface area contributed by atoms with Crippen LogP contribution in [0.25, 0.3) is 0 Å². The highest BCUT2D eigenvalue weighted by molar-refractivity contribution is 5.80. The Labute approximate surface area is 80.7 Å². The maximum Gasteiger partial charge on any atom is 0.378 e. The molecule has 4 nitrogen and oxygen atoms in total. The molecule has 0 saturated heterocycles. The smallest absolute Gasteiger partial charge is 0.298 e. The lowest BCUT2D eigenvalue weighted by Crippen LogP contribution is -2.03. The second-order valence-electron chi connectivity index (χ2n) is 2.38. The molecule has 0 unspecified atom stereocenters. The molecule has 0 heterocycles. The lowest BCUT2D eigenvalue weighted by atomic mass is 10.2. The highest BCUT2D eigenvalue weighted by Crippen LogP contribution is 2.11. The van der Waals surface area contributed by atoms with Gasteiger partial charge in [0.25, 0.3) is 0 Å². The summed E-state index contributed by atoms with van der Waals surface area (Å²) < 4.78 is 0. The quantitative estimate of drug-likeness (QED) is 0.314. The molecule has 1 aromatic carbocycles. The summed E-state index contributed by atoms with van der Waals surface area (Å²) in [5.74, 6) is -0.338. The first-order valence-corrected chi connectivity index (χ1v) is 3.82. The van der Waals surface area contributed by atoms with Gasteiger partial charge in [0.1, 0.15) is 6.29 Å². The molecule has 0 aromatic heterocycles. The minimum absolute atomic E-state index is 0.339. The van der Waals surface area contributed by atoms with E-state index in [1.807, 2.05) is 0 Å². The molecule has 1 aromatic rings. The molecule has 0 radical (unpaired) electrons. The highest BCUT2D eigenvalue weighted by atomic mass is 17.2. The first-order valence-electron chi connectivity index (χ1n) is 3.82. The number of hydrogen-bond acceptors (Lipinski definition) is 4. The predicted octanol–water partition coefficient (Wildman–Crippen LogP) is 1.52. The molecule has 72 valence electrons. The number of benzene rings is 1. The average Bonchev–Trinajstić information content (AvgIpc) is 2.26. The van der Waals surface area contributed by atoms with Crippen molar-refractivity contribution in [1.82, 2.24) is 0 Å². The standard InChI is InChI=1S/C10H8O4/c1-2-10(12)14-13-9-5-3-8(7-11)4-6-9/h2-7H,1H2. The Morgan fingerprint density at radius 2 is 1.93 bits per heavy atom. The van der Waals surface area contributed by atoms with E-state index in [0.717, 1.165) is 6.08 Å². The van der Waals surface area contributed by atoms with Gasteiger partial charge in [-0.05, 0) is 24.3 Å². The molecule has 0 atom stereocenters. The maximum absolute atomic E-state index is 10.6. The molecular formula is C10H8O4. The summed E-state index contributed by atoms with van der Waals surface area (Å²) in [7, 11) is 0. The van der Waals surface area contributed by atoms with Crippen molar-refractivity contribution in [3.8, 4) is 5.75 Å². The van der Waals surface area contributed by atoms with Gasteiger partial charge in [0.15, 0.2) is 5.75 Å². The van der Waals surface area contributed by atoms with Gasteiger partial charge in [0.2, 0.25) is 0 Å². The summed E-state index contributed by atoms with van der Waals surface area (Å²) in [6.07, 6.45) is 1.69. The first kappa shape index (κ1) is 9.98. The molecular weight excluding hydrogens is 184 g/mol. The van der Waals surface area contributed by atoms with Crippen molar-refractivity contribution >= 4 is 12.3 Å². The molecule has 0 N–H and O–H groups in total. The van der Waals surface area contributed by atoms with E-state index in [2.05, 4.69) is 16.4 Å². The maximum atomic E-state index is 10.6. The lowest BCUT2D eigenvalue weighted by molar-refractivity contribution is -0.207. The second kappa shape index (κ2) is 4.81. The molecule has 14 heavy (non-hydrogen) atoms. The molecule has 0 aliphatic heterocycles. The number of carbonyl (C=O) groups is 2. The fourth-order valence-electron chi connectivity index (χ4n) is 0.725. The normalized spacial score (nSPS) is 8.86. The van der Waals surface area contributed by atoms with Crippen molar-refractivity contribution < 1.29 is 19.4 Å². The van der Waals surface area contributed by atoms with Gasteiger partial charge >= 0.3 is 5.97 Å². The monoisotopic (exact) mass is 192 g/mol. The van der Waals surface area contributed by atoms with E-state index in [0.29, 0.717) is 17.6 Å². The first-order chi connectivity index (χ1) is 6.76. The number of carbonyl (C=O) groups excluding carboxylic acids is 2. The molecule has 0 amide bonds. The van der Waals surface area contributed by atoms with Crippen molar-refractivity contribution in [1.29, 1.82) is 0 Å². The second-order valence-corrected chi connectivity index (χ2v) is 2.38. The largest absolute Gasteiger partial charge is 0.378 e. The Morgan fingerprint density at radius 3 is 2.43 bits per heavy atom. The highest BCUT2D eigenvalue weighted by Gasteiger charge is 1.99. The third-order valence-electron chi connectivity index (χ3n) is 1.40. The zero-order valence-corrected chi connectivity index (χ0v) is 7.30. The van der Waals surface area contributed by atoms with Crippen LogP contribution in [0, 0.1) is 0 Å². The van der Waals surface area contributed by atoms with Gasteiger partial charge in [-0.2, -0.15) is 0 Å². The van der Waals surface area contributed by atoms with Crippen LogP contribution in [0.15, 0.2) is 36.9 Å². The molecule has 0 spiro atoms. The van der Waals surface area contributed by atoms with Crippen LogP contribution in [0.5, 0.6) is 5.75 Å². The van der Waals surface area contributed by atoms with Crippen LogP contribution in [0.3, 0.4) is 0 Å². The van der Waals surface area contributed by atoms with Crippen LogP contribution in [-0.2, 0) is 9.68 Å². The molecule has 0 fully saturated rings. The van der Waals surface area contributed by atoms with E-state index in [1.165, 1.54) is 12.1 Å². The summed E-state index contributed by atoms with van der Waals surface area (Å²) in [5.41, 5.74) is 0.521. The average molecular weight is 192 g/mol. The Bertz CT molecular complexity index is 340. The predicted molar refractivity (Wildman–Crippen MR) is 48.7 cm³/mol. The van der Waals surface area contributed by atoms with E-state index in [9.17, 15) is 9.59 Å². The Kier molecular flexibility index (Phi) is 3.43. The lowest BCUT2D eigenvalue weighted by Gasteiger charge is -2.01. The zero-order valence-electron chi connectivity index (χ0n) is 7.30. The van der Waals surface area contributed by atoms with Crippen molar-refractivity contribution in [2.45, 2.75) is 0 Å². The summed E-state index contributed by atoms with van der Waals surface area (Å²) in [4.78, 5) is 29.8. The molecule has 0 aliphatic carbocycles. The molecule has 0 saturated carbocycles. The van der Waals surface area contributed by atoms with Crippen molar-refractivity contribution in [3.05, 3.63) is 42.5 Å². The van der Waals surface area contributed by atoms with Crippen LogP contribution in [0.1, 0.15) is 10.4 Å². The topological polar surface area (TPSA) is 52.6 Å². The van der Waals surface area contributed by atoms with E-state index >= 15 is 0 Å². The van der Waals surface area contributed by atoms with Crippen LogP contribution in [0.2, 0.25) is 0 Å². The van der Waals surface area contributed by atoms with Gasteiger partial charge < -0.3 is 0 Å². The van der Waals surface area contributed by atoms with Gasteiger partial charge in [0, 0.05) is 11.6 Å². The minimum Gasteiger partial charge on any atom is -0.298 e. The minimum atomic E-state index is -0.676. The number of hydrogen-bond donors (Lipinski definition) is 0. The Hall–Kier alpha value is -2.10. The van der Waals surface area contributed by atoms with E-state index < -0.39 is 5.97 Å². The molecule has 0 bridgehead atoms. The van der Waals surface area contributed by atoms with Crippen molar-refractivity contribution in [2.24, 2.45) is 0 Å². The van der Waals surface area contributed by atoms with E-state index in [1.54, 1.807) is 12.1 Å². The number of rotatable bonds is 4. The Balaban J connectivity index is 2.55. The summed E-state index contributed by atoms with van der Waals surface area (Å²) in [5, 5.41) is 0. The van der Waals surface area contributed by atoms with Crippen LogP contribution in [-0.4, -0.2) is 12.3 Å². The van der Waals surface area contributed by atoms with Crippen molar-refractivity contribution in [2.75, 3.05) is 0 Å². The van der Waals surface area contributed by atoms with Gasteiger partial charge in [-0.15, -0.1) is 0 Å². The third kappa shape index (κ3) is 2.75. The van der Waals surface area contributed by atoms with Gasteiger partial charge in [-0.25, -0.2) is 9.68 Å². The van der Waals surface area contributed by atoms with E-state index in [4.69, 9.17) is 0 Å². The third-order valence-corrected chi connectivity index (χ3v) is 1.40. The zero-order chi connectivity index (χ0) is 10.4. The number of aldehydes is 1. The molecule has 4 heteroatoms. The molecule has 1 rings (SSSR count). The van der Waals surface area contributed by atoms with E-state index in [-0.39, 0.29) is 0 Å². The fourth-order valence-corrected chi connectivity index (χ4v) is 0.725. The Morgan fingerprint density at radius 1 is 1.29 bits per heavy atom. The molecule has 0 aliphatic rings.